The first kappa shape index (κ1) is 11.9. The van der Waals surface area contributed by atoms with E-state index >= 15 is 0 Å². The molecule has 1 N–H and O–H groups in total. The van der Waals surface area contributed by atoms with Gasteiger partial charge in [0.05, 0.1) is 7.11 Å². The first-order chi connectivity index (χ1) is 6.72. The van der Waals surface area contributed by atoms with Crippen molar-refractivity contribution in [2.75, 3.05) is 19.9 Å². The summed E-state index contributed by atoms with van der Waals surface area (Å²) >= 11 is 7.74. The number of hydrogen-bond donors (Lipinski definition) is 2. The highest BCUT2D eigenvalue weighted by atomic mass is 79.9. The van der Waals surface area contributed by atoms with Gasteiger partial charge in [-0.1, -0.05) is 15.9 Å². The molecule has 0 fully saturated rings. The second-order valence-corrected chi connectivity index (χ2v) is 4.19. The molecule has 1 unspecified atom stereocenters. The molecule has 0 aliphatic heterocycles. The van der Waals surface area contributed by atoms with Crippen LogP contribution in [0, 0.1) is 0 Å². The van der Waals surface area contributed by atoms with Crippen LogP contribution >= 0.6 is 28.6 Å². The summed E-state index contributed by atoms with van der Waals surface area (Å²) in [4.78, 5) is 0. The fourth-order valence-corrected chi connectivity index (χ4v) is 2.08. The molecule has 0 radical (unpaired) electrons. The Kier molecular flexibility index (Phi) is 4.78. The van der Waals surface area contributed by atoms with Gasteiger partial charge in [-0.2, -0.15) is 12.6 Å². The van der Waals surface area contributed by atoms with Gasteiger partial charge in [0.15, 0.2) is 0 Å². The molecule has 0 saturated heterocycles. The van der Waals surface area contributed by atoms with Crippen LogP contribution in [0.15, 0.2) is 22.7 Å². The molecule has 0 aliphatic rings. The molecule has 2 nitrogen and oxygen atoms in total. The zero-order chi connectivity index (χ0) is 10.6. The van der Waals surface area contributed by atoms with E-state index in [1.165, 1.54) is 0 Å². The Labute approximate surface area is 98.6 Å². The van der Waals surface area contributed by atoms with Crippen molar-refractivity contribution >= 4 is 28.6 Å². The van der Waals surface area contributed by atoms with E-state index in [1.54, 1.807) is 7.11 Å². The third kappa shape index (κ3) is 2.65. The van der Waals surface area contributed by atoms with Gasteiger partial charge in [0.1, 0.15) is 5.75 Å². The number of benzene rings is 1. The molecule has 0 spiro atoms. The third-order valence-corrected chi connectivity index (χ3v) is 2.96. The second-order valence-electron chi connectivity index (χ2n) is 2.91. The van der Waals surface area contributed by atoms with Gasteiger partial charge in [0.25, 0.3) is 0 Å². The molecule has 14 heavy (non-hydrogen) atoms. The van der Waals surface area contributed by atoms with Crippen molar-refractivity contribution in [3.05, 3.63) is 28.2 Å². The maximum absolute atomic E-state index is 5.29. The van der Waals surface area contributed by atoms with Gasteiger partial charge in [-0.3, -0.25) is 0 Å². The lowest BCUT2D eigenvalue weighted by atomic mass is 10.1. The summed E-state index contributed by atoms with van der Waals surface area (Å²) in [6.07, 6.45) is 0. The molecule has 0 heterocycles. The van der Waals surface area contributed by atoms with Crippen molar-refractivity contribution in [3.8, 4) is 5.75 Å². The van der Waals surface area contributed by atoms with E-state index in [1.807, 2.05) is 19.2 Å². The maximum Gasteiger partial charge on any atom is 0.123 e. The van der Waals surface area contributed by atoms with Crippen molar-refractivity contribution in [1.82, 2.24) is 5.32 Å². The van der Waals surface area contributed by atoms with E-state index in [2.05, 4.69) is 39.9 Å². The molecule has 0 aliphatic carbocycles. The normalized spacial score (nSPS) is 12.6. The average Bonchev–Trinajstić information content (AvgIpc) is 2.20. The van der Waals surface area contributed by atoms with Crippen LogP contribution in [-0.2, 0) is 0 Å². The van der Waals surface area contributed by atoms with Crippen molar-refractivity contribution in [2.24, 2.45) is 0 Å². The molecule has 4 heteroatoms. The van der Waals surface area contributed by atoms with E-state index < -0.39 is 0 Å². The van der Waals surface area contributed by atoms with Gasteiger partial charge in [0.2, 0.25) is 0 Å². The summed E-state index contributed by atoms with van der Waals surface area (Å²) < 4.78 is 6.34. The van der Waals surface area contributed by atoms with Crippen molar-refractivity contribution < 1.29 is 4.74 Å². The molecule has 1 aromatic carbocycles. The zero-order valence-electron chi connectivity index (χ0n) is 8.25. The van der Waals surface area contributed by atoms with Gasteiger partial charge in [-0.15, -0.1) is 0 Å². The van der Waals surface area contributed by atoms with Gasteiger partial charge in [-0.05, 0) is 25.2 Å². The van der Waals surface area contributed by atoms with Crippen molar-refractivity contribution in [2.45, 2.75) is 6.04 Å². The number of methoxy groups -OCH3 is 1. The monoisotopic (exact) mass is 275 g/mol. The SMILES string of the molecule is CNC(CS)c1cc(Br)ccc1OC. The fraction of sp³-hybridized carbons (Fsp3) is 0.400. The molecule has 1 rings (SSSR count). The average molecular weight is 276 g/mol. The minimum Gasteiger partial charge on any atom is -0.496 e. The van der Waals surface area contributed by atoms with Crippen LogP contribution in [0.1, 0.15) is 11.6 Å². The largest absolute Gasteiger partial charge is 0.496 e. The summed E-state index contributed by atoms with van der Waals surface area (Å²) in [6.45, 7) is 0. The number of thiol groups is 1. The Morgan fingerprint density at radius 3 is 2.79 bits per heavy atom. The van der Waals surface area contributed by atoms with Crippen LogP contribution in [0.4, 0.5) is 0 Å². The lowest BCUT2D eigenvalue weighted by Crippen LogP contribution is -2.18. The summed E-state index contributed by atoms with van der Waals surface area (Å²) in [5.41, 5.74) is 1.12. The van der Waals surface area contributed by atoms with Crippen LogP contribution in [0.3, 0.4) is 0 Å². The Hall–Kier alpha value is -0.190. The molecule has 78 valence electrons. The van der Waals surface area contributed by atoms with E-state index in [9.17, 15) is 0 Å². The summed E-state index contributed by atoms with van der Waals surface area (Å²) in [6, 6.07) is 6.18. The molecule has 1 aromatic rings. The predicted molar refractivity (Wildman–Crippen MR) is 66.3 cm³/mol. The van der Waals surface area contributed by atoms with E-state index in [0.29, 0.717) is 0 Å². The summed E-state index contributed by atoms with van der Waals surface area (Å²) in [5, 5.41) is 3.19. The van der Waals surface area contributed by atoms with Gasteiger partial charge in [0, 0.05) is 21.8 Å². The highest BCUT2D eigenvalue weighted by Gasteiger charge is 2.12. The zero-order valence-corrected chi connectivity index (χ0v) is 10.7. The Morgan fingerprint density at radius 2 is 2.29 bits per heavy atom. The topological polar surface area (TPSA) is 21.3 Å². The molecule has 0 amide bonds. The van der Waals surface area contributed by atoms with E-state index in [4.69, 9.17) is 4.74 Å². The van der Waals surface area contributed by atoms with Gasteiger partial charge in [-0.25, -0.2) is 0 Å². The number of hydrogen-bond acceptors (Lipinski definition) is 3. The molecule has 0 aromatic heterocycles. The molecular weight excluding hydrogens is 262 g/mol. The van der Waals surface area contributed by atoms with Crippen LogP contribution in [-0.4, -0.2) is 19.9 Å². The van der Waals surface area contributed by atoms with Crippen molar-refractivity contribution in [1.29, 1.82) is 0 Å². The van der Waals surface area contributed by atoms with Crippen LogP contribution in [0.25, 0.3) is 0 Å². The number of nitrogens with one attached hydrogen (secondary N) is 1. The van der Waals surface area contributed by atoms with E-state index in [-0.39, 0.29) is 6.04 Å². The maximum atomic E-state index is 5.29. The molecule has 0 bridgehead atoms. The predicted octanol–water partition coefficient (Wildman–Crippen LogP) is 2.65. The smallest absolute Gasteiger partial charge is 0.123 e. The highest BCUT2D eigenvalue weighted by Crippen LogP contribution is 2.28. The Morgan fingerprint density at radius 1 is 1.57 bits per heavy atom. The van der Waals surface area contributed by atoms with Crippen LogP contribution in [0.2, 0.25) is 0 Å². The standard InChI is InChI=1S/C10H14BrNOS/c1-12-9(6-14)8-5-7(11)3-4-10(8)13-2/h3-5,9,12,14H,6H2,1-2H3. The summed E-state index contributed by atoms with van der Waals surface area (Å²) in [7, 11) is 3.60. The number of halogens is 1. The van der Waals surface area contributed by atoms with Crippen molar-refractivity contribution in [3.63, 3.8) is 0 Å². The first-order valence-electron chi connectivity index (χ1n) is 4.34. The van der Waals surface area contributed by atoms with E-state index in [0.717, 1.165) is 21.5 Å². The summed E-state index contributed by atoms with van der Waals surface area (Å²) in [5.74, 6) is 1.63. The second kappa shape index (κ2) is 5.63. The van der Waals surface area contributed by atoms with Gasteiger partial charge < -0.3 is 10.1 Å². The molecule has 0 saturated carbocycles. The van der Waals surface area contributed by atoms with Crippen LogP contribution < -0.4 is 10.1 Å². The minimum atomic E-state index is 0.214. The lowest BCUT2D eigenvalue weighted by Gasteiger charge is -2.17. The Balaban J connectivity index is 3.08. The highest BCUT2D eigenvalue weighted by molar-refractivity contribution is 9.10. The van der Waals surface area contributed by atoms with Crippen LogP contribution in [0.5, 0.6) is 5.75 Å². The fourth-order valence-electron chi connectivity index (χ4n) is 1.32. The number of rotatable bonds is 4. The molecule has 1 atom stereocenters. The lowest BCUT2D eigenvalue weighted by molar-refractivity contribution is 0.404. The third-order valence-electron chi connectivity index (χ3n) is 2.10. The first-order valence-corrected chi connectivity index (χ1v) is 5.77. The minimum absolute atomic E-state index is 0.214. The Bertz CT molecular complexity index is 302. The molecular formula is C10H14BrNOS. The number of ether oxygens (including phenoxy) is 1. The van der Waals surface area contributed by atoms with Gasteiger partial charge >= 0.3 is 0 Å². The quantitative estimate of drug-likeness (QED) is 0.825.